The number of likely N-dealkylation sites (tertiary alicyclic amines) is 1. The van der Waals surface area contributed by atoms with Crippen LogP contribution in [0.25, 0.3) is 0 Å². The van der Waals surface area contributed by atoms with Crippen LogP contribution < -0.4 is 5.73 Å². The number of aryl methyl sites for hydroxylation is 1. The maximum Gasteiger partial charge on any atom is 0.101 e. The number of nitrogens with zero attached hydrogens (tertiary/aromatic N) is 4. The molecule has 0 spiro atoms. The summed E-state index contributed by atoms with van der Waals surface area (Å²) >= 11 is 0. The number of hydrogen-bond acceptors (Lipinski definition) is 4. The molecular weight excluding hydrogens is 190 g/mol. The number of rotatable bonds is 3. The highest BCUT2D eigenvalue weighted by atomic mass is 15.4. The fourth-order valence-corrected chi connectivity index (χ4v) is 2.33. The molecule has 0 unspecified atom stereocenters. The molecule has 2 N–H and O–H groups in total. The van der Waals surface area contributed by atoms with Gasteiger partial charge in [-0.3, -0.25) is 9.58 Å². The van der Waals surface area contributed by atoms with Gasteiger partial charge < -0.3 is 5.73 Å². The van der Waals surface area contributed by atoms with E-state index in [-0.39, 0.29) is 12.1 Å². The monoisotopic (exact) mass is 209 g/mol. The molecule has 1 aromatic rings. The predicted octanol–water partition coefficient (Wildman–Crippen LogP) is 0.299. The summed E-state index contributed by atoms with van der Waals surface area (Å²) in [6, 6.07) is 0.465. The molecule has 1 aliphatic heterocycles. The molecule has 84 valence electrons. The Kier molecular flexibility index (Phi) is 3.02. The first kappa shape index (κ1) is 10.6. The summed E-state index contributed by atoms with van der Waals surface area (Å²) in [5.74, 6) is 0. The second-order valence-electron chi connectivity index (χ2n) is 4.25. The second kappa shape index (κ2) is 4.28. The van der Waals surface area contributed by atoms with Crippen LogP contribution >= 0.6 is 0 Å². The van der Waals surface area contributed by atoms with Crippen molar-refractivity contribution in [3.05, 3.63) is 11.9 Å². The second-order valence-corrected chi connectivity index (χ2v) is 4.25. The minimum atomic E-state index is 0.202. The van der Waals surface area contributed by atoms with Crippen molar-refractivity contribution in [2.24, 2.45) is 12.8 Å². The summed E-state index contributed by atoms with van der Waals surface area (Å²) in [4.78, 5) is 2.41. The lowest BCUT2D eigenvalue weighted by molar-refractivity contribution is 0.244. The van der Waals surface area contributed by atoms with Gasteiger partial charge in [-0.05, 0) is 19.4 Å². The lowest BCUT2D eigenvalue weighted by Gasteiger charge is -2.24. The third-order valence-corrected chi connectivity index (χ3v) is 2.98. The van der Waals surface area contributed by atoms with Crippen LogP contribution in [0.3, 0.4) is 0 Å². The fourth-order valence-electron chi connectivity index (χ4n) is 2.33. The van der Waals surface area contributed by atoms with Crippen molar-refractivity contribution in [3.63, 3.8) is 0 Å². The summed E-state index contributed by atoms with van der Waals surface area (Å²) in [5, 5.41) is 8.15. The Morgan fingerprint density at radius 1 is 1.60 bits per heavy atom. The molecule has 0 saturated carbocycles. The van der Waals surface area contributed by atoms with Crippen molar-refractivity contribution in [2.45, 2.75) is 31.8 Å². The normalized spacial score (nSPS) is 27.4. The smallest absolute Gasteiger partial charge is 0.101 e. The summed E-state index contributed by atoms with van der Waals surface area (Å²) in [5.41, 5.74) is 7.13. The number of nitrogens with two attached hydrogens (primary N) is 1. The van der Waals surface area contributed by atoms with E-state index < -0.39 is 0 Å². The minimum absolute atomic E-state index is 0.202. The van der Waals surface area contributed by atoms with Crippen molar-refractivity contribution < 1.29 is 0 Å². The van der Waals surface area contributed by atoms with E-state index in [9.17, 15) is 0 Å². The van der Waals surface area contributed by atoms with Crippen LogP contribution in [0.2, 0.25) is 0 Å². The zero-order valence-corrected chi connectivity index (χ0v) is 9.43. The molecule has 1 aliphatic rings. The summed E-state index contributed by atoms with van der Waals surface area (Å²) in [6.07, 6.45) is 4.18. The maximum atomic E-state index is 6.12. The van der Waals surface area contributed by atoms with Crippen molar-refractivity contribution in [1.82, 2.24) is 19.9 Å². The van der Waals surface area contributed by atoms with Gasteiger partial charge in [-0.15, -0.1) is 5.10 Å². The van der Waals surface area contributed by atoms with Crippen molar-refractivity contribution >= 4 is 0 Å². The van der Waals surface area contributed by atoms with Gasteiger partial charge in [0.2, 0.25) is 0 Å². The molecule has 2 atom stereocenters. The first-order chi connectivity index (χ1) is 7.22. The molecule has 5 heteroatoms. The van der Waals surface area contributed by atoms with Gasteiger partial charge in [0.15, 0.2) is 0 Å². The van der Waals surface area contributed by atoms with Gasteiger partial charge >= 0.3 is 0 Å². The summed E-state index contributed by atoms with van der Waals surface area (Å²) < 4.78 is 1.74. The van der Waals surface area contributed by atoms with Crippen LogP contribution in [0.5, 0.6) is 0 Å². The quantitative estimate of drug-likeness (QED) is 0.778. The Bertz CT molecular complexity index is 319. The van der Waals surface area contributed by atoms with Crippen LogP contribution in [0.15, 0.2) is 6.20 Å². The SMILES string of the molecule is CCCN1CC[C@@H](N)[C@@H]1c1cn(C)nn1. The Hall–Kier alpha value is -0.940. The van der Waals surface area contributed by atoms with E-state index in [1.165, 1.54) is 0 Å². The standard InChI is InChI=1S/C10H19N5/c1-3-5-15-6-4-8(11)10(15)9-7-14(2)13-12-9/h7-8,10H,3-6,11H2,1-2H3/t8-,10-/m1/s1. The predicted molar refractivity (Wildman–Crippen MR) is 58.2 cm³/mol. The molecule has 15 heavy (non-hydrogen) atoms. The number of aromatic nitrogens is 3. The van der Waals surface area contributed by atoms with Gasteiger partial charge in [0, 0.05) is 25.8 Å². The van der Waals surface area contributed by atoms with E-state index in [0.717, 1.165) is 31.6 Å². The van der Waals surface area contributed by atoms with Gasteiger partial charge in [0.1, 0.15) is 5.69 Å². The number of hydrogen-bond donors (Lipinski definition) is 1. The lowest BCUT2D eigenvalue weighted by atomic mass is 10.1. The average Bonchev–Trinajstić information content (AvgIpc) is 2.74. The van der Waals surface area contributed by atoms with Gasteiger partial charge in [0.25, 0.3) is 0 Å². The molecule has 1 fully saturated rings. The van der Waals surface area contributed by atoms with E-state index in [0.29, 0.717) is 0 Å². The van der Waals surface area contributed by atoms with Crippen molar-refractivity contribution in [2.75, 3.05) is 13.1 Å². The van der Waals surface area contributed by atoms with Gasteiger partial charge in [0.05, 0.1) is 6.04 Å². The van der Waals surface area contributed by atoms with E-state index in [4.69, 9.17) is 5.73 Å². The zero-order valence-electron chi connectivity index (χ0n) is 9.43. The average molecular weight is 209 g/mol. The Morgan fingerprint density at radius 2 is 2.40 bits per heavy atom. The van der Waals surface area contributed by atoms with E-state index in [1.54, 1.807) is 4.68 Å². The molecule has 0 aromatic carbocycles. The van der Waals surface area contributed by atoms with Gasteiger partial charge in [-0.2, -0.15) is 0 Å². The Labute approximate surface area is 90.2 Å². The van der Waals surface area contributed by atoms with Crippen LogP contribution in [0, 0.1) is 0 Å². The summed E-state index contributed by atoms with van der Waals surface area (Å²) in [7, 11) is 1.89. The summed E-state index contributed by atoms with van der Waals surface area (Å²) in [6.45, 7) is 4.36. The Morgan fingerprint density at radius 3 is 3.00 bits per heavy atom. The minimum Gasteiger partial charge on any atom is -0.326 e. The molecule has 1 saturated heterocycles. The molecule has 2 rings (SSSR count). The largest absolute Gasteiger partial charge is 0.326 e. The first-order valence-corrected chi connectivity index (χ1v) is 5.58. The van der Waals surface area contributed by atoms with Gasteiger partial charge in [-0.25, -0.2) is 0 Å². The maximum absolute atomic E-state index is 6.12. The van der Waals surface area contributed by atoms with E-state index in [2.05, 4.69) is 22.1 Å². The van der Waals surface area contributed by atoms with Crippen LogP contribution in [-0.4, -0.2) is 39.0 Å². The third-order valence-electron chi connectivity index (χ3n) is 2.98. The molecular formula is C10H19N5. The highest BCUT2D eigenvalue weighted by Gasteiger charge is 2.34. The highest BCUT2D eigenvalue weighted by Crippen LogP contribution is 2.29. The highest BCUT2D eigenvalue weighted by molar-refractivity contribution is 5.08. The van der Waals surface area contributed by atoms with Crippen LogP contribution in [0.1, 0.15) is 31.5 Å². The van der Waals surface area contributed by atoms with Crippen molar-refractivity contribution in [1.29, 1.82) is 0 Å². The fraction of sp³-hybridized carbons (Fsp3) is 0.800. The molecule has 0 amide bonds. The Balaban J connectivity index is 2.17. The molecule has 0 aliphatic carbocycles. The first-order valence-electron chi connectivity index (χ1n) is 5.58. The third kappa shape index (κ3) is 2.03. The van der Waals surface area contributed by atoms with E-state index >= 15 is 0 Å². The van der Waals surface area contributed by atoms with E-state index in [1.807, 2.05) is 13.2 Å². The molecule has 5 nitrogen and oxygen atoms in total. The molecule has 2 heterocycles. The van der Waals surface area contributed by atoms with Crippen molar-refractivity contribution in [3.8, 4) is 0 Å². The topological polar surface area (TPSA) is 60.0 Å². The molecule has 0 bridgehead atoms. The lowest BCUT2D eigenvalue weighted by Crippen LogP contribution is -2.32. The zero-order chi connectivity index (χ0) is 10.8. The molecule has 0 radical (unpaired) electrons. The molecule has 1 aromatic heterocycles. The van der Waals surface area contributed by atoms with Crippen LogP contribution in [0.4, 0.5) is 0 Å². The van der Waals surface area contributed by atoms with Gasteiger partial charge in [-0.1, -0.05) is 12.1 Å². The van der Waals surface area contributed by atoms with Crippen LogP contribution in [-0.2, 0) is 7.05 Å².